The van der Waals surface area contributed by atoms with Gasteiger partial charge in [0.2, 0.25) is 0 Å². The van der Waals surface area contributed by atoms with Gasteiger partial charge >= 0.3 is 0 Å². The quantitative estimate of drug-likeness (QED) is 0.317. The van der Waals surface area contributed by atoms with E-state index in [0.29, 0.717) is 40.0 Å². The van der Waals surface area contributed by atoms with Gasteiger partial charge < -0.3 is 15.6 Å². The van der Waals surface area contributed by atoms with Crippen LogP contribution in [0.2, 0.25) is 0 Å². The van der Waals surface area contributed by atoms with Gasteiger partial charge in [-0.05, 0) is 65.1 Å². The topological polar surface area (TPSA) is 113 Å². The molecule has 0 radical (unpaired) electrons. The van der Waals surface area contributed by atoms with Crippen molar-refractivity contribution in [1.82, 2.24) is 4.98 Å². The van der Waals surface area contributed by atoms with Crippen LogP contribution in [0, 0.1) is 12.7 Å². The van der Waals surface area contributed by atoms with Gasteiger partial charge in [-0.1, -0.05) is 36.4 Å². The lowest BCUT2D eigenvalue weighted by molar-refractivity contribution is 0.0990. The first-order valence-corrected chi connectivity index (χ1v) is 14.3. The molecule has 0 saturated carbocycles. The highest BCUT2D eigenvalue weighted by molar-refractivity contribution is 7.89. The molecule has 6 rings (SSSR count). The van der Waals surface area contributed by atoms with Crippen LogP contribution in [0.3, 0.4) is 0 Å². The lowest BCUT2D eigenvalue weighted by Gasteiger charge is -2.21. The first-order chi connectivity index (χ1) is 18.5. The van der Waals surface area contributed by atoms with Crippen LogP contribution in [-0.4, -0.2) is 31.5 Å². The highest BCUT2D eigenvalue weighted by Gasteiger charge is 2.30. The fourth-order valence-corrected chi connectivity index (χ4v) is 6.34. The smallest absolute Gasteiger partial charge is 0.259 e. The zero-order valence-corrected chi connectivity index (χ0v) is 22.0. The van der Waals surface area contributed by atoms with E-state index in [4.69, 9.17) is 5.73 Å². The van der Waals surface area contributed by atoms with Gasteiger partial charge in [0.05, 0.1) is 23.4 Å². The monoisotopic (exact) mass is 541 g/mol. The molecule has 0 atom stereocenters. The number of primary amides is 1. The Bertz CT molecular complexity index is 1980. The van der Waals surface area contributed by atoms with Crippen molar-refractivity contribution in [2.24, 2.45) is 5.73 Å². The number of anilines is 1. The molecule has 7 nitrogen and oxygen atoms in total. The molecule has 0 fully saturated rings. The second-order valence-electron chi connectivity index (χ2n) is 9.99. The molecule has 196 valence electrons. The molecule has 0 unspecified atom stereocenters. The molecule has 0 aliphatic carbocycles. The molecule has 0 saturated heterocycles. The zero-order chi connectivity index (χ0) is 27.6. The SMILES string of the molecule is Cc1c(-c2ccc(C(N)=O)c3[nH]c4cc(CS(C)(=O)=O)ccc4c23)cccc1N1Cc2ccc(F)cc2C1=O. The number of halogens is 1. The molecule has 1 aromatic heterocycles. The summed E-state index contributed by atoms with van der Waals surface area (Å²) in [6.07, 6.45) is 1.18. The number of sulfone groups is 1. The number of carbonyl (C=O) groups excluding carboxylic acids is 2. The lowest BCUT2D eigenvalue weighted by Crippen LogP contribution is -2.24. The number of nitrogens with one attached hydrogen (secondary N) is 1. The highest BCUT2D eigenvalue weighted by Crippen LogP contribution is 2.41. The number of fused-ring (bicyclic) bond motifs is 4. The molecule has 0 bridgehead atoms. The van der Waals surface area contributed by atoms with Gasteiger partial charge in [-0.3, -0.25) is 9.59 Å². The van der Waals surface area contributed by atoms with Crippen molar-refractivity contribution in [3.8, 4) is 11.1 Å². The fourth-order valence-electron chi connectivity index (χ4n) is 5.56. The Balaban J connectivity index is 1.54. The molecule has 39 heavy (non-hydrogen) atoms. The van der Waals surface area contributed by atoms with Crippen LogP contribution >= 0.6 is 0 Å². The van der Waals surface area contributed by atoms with Crippen LogP contribution in [0.4, 0.5) is 10.1 Å². The fraction of sp³-hybridized carbons (Fsp3) is 0.133. The maximum absolute atomic E-state index is 13.8. The van der Waals surface area contributed by atoms with Crippen LogP contribution in [0.15, 0.2) is 66.7 Å². The van der Waals surface area contributed by atoms with Gasteiger partial charge in [-0.25, -0.2) is 12.8 Å². The van der Waals surface area contributed by atoms with E-state index >= 15 is 0 Å². The number of nitrogens with zero attached hydrogens (tertiary/aromatic N) is 1. The third kappa shape index (κ3) is 4.15. The minimum absolute atomic E-state index is 0.106. The Morgan fingerprint density at radius 1 is 1.03 bits per heavy atom. The van der Waals surface area contributed by atoms with Crippen molar-refractivity contribution in [3.05, 3.63) is 100 Å². The van der Waals surface area contributed by atoms with E-state index in [0.717, 1.165) is 33.0 Å². The average Bonchev–Trinajstić information content (AvgIpc) is 3.40. The molecule has 5 aromatic rings. The Kier molecular flexibility index (Phi) is 5.58. The third-order valence-corrected chi connectivity index (χ3v) is 8.13. The first kappa shape index (κ1) is 24.8. The summed E-state index contributed by atoms with van der Waals surface area (Å²) >= 11 is 0. The van der Waals surface area contributed by atoms with E-state index in [1.165, 1.54) is 18.4 Å². The van der Waals surface area contributed by atoms with Crippen molar-refractivity contribution < 1.29 is 22.4 Å². The number of hydrogen-bond acceptors (Lipinski definition) is 4. The van der Waals surface area contributed by atoms with E-state index in [1.54, 1.807) is 29.2 Å². The zero-order valence-electron chi connectivity index (χ0n) is 21.2. The van der Waals surface area contributed by atoms with Gasteiger partial charge in [0, 0.05) is 33.8 Å². The van der Waals surface area contributed by atoms with Crippen LogP contribution in [0.25, 0.3) is 32.9 Å². The Hall–Kier alpha value is -4.50. The number of H-pyrrole nitrogens is 1. The number of rotatable bonds is 5. The van der Waals surface area contributed by atoms with Crippen molar-refractivity contribution in [2.75, 3.05) is 11.2 Å². The van der Waals surface area contributed by atoms with Crippen molar-refractivity contribution in [2.45, 2.75) is 19.2 Å². The second-order valence-corrected chi connectivity index (χ2v) is 12.1. The molecule has 2 amide bonds. The Labute approximate surface area is 224 Å². The average molecular weight is 542 g/mol. The third-order valence-electron chi connectivity index (χ3n) is 7.27. The molecule has 4 aromatic carbocycles. The molecule has 0 spiro atoms. The maximum atomic E-state index is 13.8. The van der Waals surface area contributed by atoms with Gasteiger partial charge in [0.25, 0.3) is 11.8 Å². The summed E-state index contributed by atoms with van der Waals surface area (Å²) in [6.45, 7) is 2.26. The largest absolute Gasteiger partial charge is 0.366 e. The molecular weight excluding hydrogens is 517 g/mol. The van der Waals surface area contributed by atoms with E-state index in [2.05, 4.69) is 4.98 Å². The molecule has 1 aliphatic rings. The highest BCUT2D eigenvalue weighted by atomic mass is 32.2. The minimum atomic E-state index is -3.23. The lowest BCUT2D eigenvalue weighted by atomic mass is 9.93. The normalized spacial score (nSPS) is 13.4. The summed E-state index contributed by atoms with van der Waals surface area (Å²) in [6, 6.07) is 18.8. The summed E-state index contributed by atoms with van der Waals surface area (Å²) in [4.78, 5) is 30.4. The van der Waals surface area contributed by atoms with Gasteiger partial charge in [-0.15, -0.1) is 0 Å². The van der Waals surface area contributed by atoms with Crippen molar-refractivity contribution in [3.63, 3.8) is 0 Å². The number of aromatic amines is 1. The summed E-state index contributed by atoms with van der Waals surface area (Å²) in [5, 5.41) is 1.58. The predicted octanol–water partition coefficient (Wildman–Crippen LogP) is 5.24. The second kappa shape index (κ2) is 8.78. The van der Waals surface area contributed by atoms with E-state index in [-0.39, 0.29) is 11.7 Å². The summed E-state index contributed by atoms with van der Waals surface area (Å²) in [5.74, 6) is -1.41. The number of amides is 2. The molecule has 1 aliphatic heterocycles. The van der Waals surface area contributed by atoms with Gasteiger partial charge in [0.15, 0.2) is 9.84 Å². The van der Waals surface area contributed by atoms with Gasteiger partial charge in [0.1, 0.15) is 5.82 Å². The standard InChI is InChI=1S/C30H24FN3O4S/c1-16-20(4-3-5-26(16)34-14-18-7-8-19(31)13-24(18)30(34)36)21-10-11-23(29(32)35)28-27(21)22-9-6-17(12-25(22)33-28)15-39(2,37)38/h3-13,33H,14-15H2,1-2H3,(H2,32,35). The maximum Gasteiger partial charge on any atom is 0.259 e. The summed E-state index contributed by atoms with van der Waals surface area (Å²) < 4.78 is 37.6. The first-order valence-electron chi connectivity index (χ1n) is 12.3. The number of aromatic nitrogens is 1. The Morgan fingerprint density at radius 3 is 2.56 bits per heavy atom. The van der Waals surface area contributed by atoms with Crippen molar-refractivity contribution in [1.29, 1.82) is 0 Å². The van der Waals surface area contributed by atoms with Crippen molar-refractivity contribution >= 4 is 49.1 Å². The molecular formula is C30H24FN3O4S. The number of benzene rings is 4. The van der Waals surface area contributed by atoms with Crippen LogP contribution in [-0.2, 0) is 22.1 Å². The summed E-state index contributed by atoms with van der Waals surface area (Å²) in [5.41, 5.74) is 12.2. The predicted molar refractivity (Wildman–Crippen MR) is 150 cm³/mol. The van der Waals surface area contributed by atoms with Crippen LogP contribution < -0.4 is 10.6 Å². The number of hydrogen-bond donors (Lipinski definition) is 2. The van der Waals surface area contributed by atoms with Crippen LogP contribution in [0.1, 0.15) is 37.4 Å². The van der Waals surface area contributed by atoms with E-state index < -0.39 is 21.6 Å². The molecule has 3 N–H and O–H groups in total. The summed E-state index contributed by atoms with van der Waals surface area (Å²) in [7, 11) is -3.23. The van der Waals surface area contributed by atoms with E-state index in [9.17, 15) is 22.4 Å². The van der Waals surface area contributed by atoms with Gasteiger partial charge in [-0.2, -0.15) is 0 Å². The number of carbonyl (C=O) groups is 2. The van der Waals surface area contributed by atoms with E-state index in [1.807, 2.05) is 37.3 Å². The van der Waals surface area contributed by atoms with Crippen LogP contribution in [0.5, 0.6) is 0 Å². The molecule has 9 heteroatoms. The minimum Gasteiger partial charge on any atom is -0.366 e. The number of nitrogens with two attached hydrogens (primary N) is 1. The molecule has 2 heterocycles. The Morgan fingerprint density at radius 2 is 1.82 bits per heavy atom.